The van der Waals surface area contributed by atoms with Gasteiger partial charge in [-0.05, 0) is 39.7 Å². The van der Waals surface area contributed by atoms with E-state index in [9.17, 15) is 0 Å². The second-order valence-corrected chi connectivity index (χ2v) is 3.97. The number of rotatable bonds is 2. The lowest BCUT2D eigenvalue weighted by Gasteiger charge is -2.31. The molecule has 2 nitrogen and oxygen atoms in total. The van der Waals surface area contributed by atoms with E-state index in [1.165, 1.54) is 5.57 Å². The fourth-order valence-electron chi connectivity index (χ4n) is 1.61. The summed E-state index contributed by atoms with van der Waals surface area (Å²) < 4.78 is 5.60. The Labute approximate surface area is 74.8 Å². The molecule has 0 bridgehead atoms. The maximum Gasteiger partial charge on any atom is 0.0663 e. The molecular formula is C10H19NO. The van der Waals surface area contributed by atoms with Gasteiger partial charge in [0.25, 0.3) is 0 Å². The first kappa shape index (κ1) is 9.75. The van der Waals surface area contributed by atoms with Crippen LogP contribution >= 0.6 is 0 Å². The highest BCUT2D eigenvalue weighted by Gasteiger charge is 2.24. The summed E-state index contributed by atoms with van der Waals surface area (Å²) in [7, 11) is 0. The summed E-state index contributed by atoms with van der Waals surface area (Å²) in [6.07, 6.45) is 5.42. The van der Waals surface area contributed by atoms with E-state index in [1.807, 2.05) is 0 Å². The Bertz CT molecular complexity index is 173. The fraction of sp³-hybridized carbons (Fsp3) is 0.800. The second kappa shape index (κ2) is 4.06. The van der Waals surface area contributed by atoms with Crippen LogP contribution in [0.25, 0.3) is 0 Å². The molecule has 0 saturated carbocycles. The molecule has 0 aromatic rings. The van der Waals surface area contributed by atoms with Gasteiger partial charge in [-0.1, -0.05) is 11.6 Å². The van der Waals surface area contributed by atoms with Crippen LogP contribution in [0.4, 0.5) is 0 Å². The fourth-order valence-corrected chi connectivity index (χ4v) is 1.61. The first-order valence-corrected chi connectivity index (χ1v) is 4.66. The van der Waals surface area contributed by atoms with Crippen molar-refractivity contribution >= 4 is 0 Å². The van der Waals surface area contributed by atoms with Crippen LogP contribution in [0.2, 0.25) is 0 Å². The predicted molar refractivity (Wildman–Crippen MR) is 51.0 cm³/mol. The minimum absolute atomic E-state index is 0.0404. The summed E-state index contributed by atoms with van der Waals surface area (Å²) in [6, 6.07) is 0. The maximum atomic E-state index is 5.60. The van der Waals surface area contributed by atoms with Gasteiger partial charge in [-0.2, -0.15) is 0 Å². The van der Waals surface area contributed by atoms with Crippen molar-refractivity contribution in [1.82, 2.24) is 0 Å². The van der Waals surface area contributed by atoms with Gasteiger partial charge in [0.1, 0.15) is 0 Å². The van der Waals surface area contributed by atoms with E-state index < -0.39 is 0 Å². The molecule has 1 aliphatic rings. The Morgan fingerprint density at radius 1 is 1.58 bits per heavy atom. The molecule has 1 fully saturated rings. The summed E-state index contributed by atoms with van der Waals surface area (Å²) in [6.45, 7) is 5.90. The Kier molecular flexibility index (Phi) is 3.29. The number of nitrogens with two attached hydrogens (primary N) is 1. The van der Waals surface area contributed by atoms with Crippen molar-refractivity contribution in [3.63, 3.8) is 0 Å². The minimum Gasteiger partial charge on any atom is -0.375 e. The quantitative estimate of drug-likeness (QED) is 0.640. The average Bonchev–Trinajstić information content (AvgIpc) is 1.99. The summed E-state index contributed by atoms with van der Waals surface area (Å²) in [5, 5.41) is 0. The molecule has 1 rings (SSSR count). The Morgan fingerprint density at radius 3 is 2.92 bits per heavy atom. The summed E-state index contributed by atoms with van der Waals surface area (Å²) in [5.41, 5.74) is 6.99. The molecule has 12 heavy (non-hydrogen) atoms. The molecule has 2 N–H and O–H groups in total. The zero-order valence-corrected chi connectivity index (χ0v) is 8.10. The first-order valence-electron chi connectivity index (χ1n) is 4.66. The van der Waals surface area contributed by atoms with Gasteiger partial charge in [-0.25, -0.2) is 0 Å². The van der Waals surface area contributed by atoms with Crippen molar-refractivity contribution in [2.75, 3.05) is 13.2 Å². The van der Waals surface area contributed by atoms with Gasteiger partial charge in [-0.3, -0.25) is 0 Å². The van der Waals surface area contributed by atoms with Gasteiger partial charge in [0.05, 0.1) is 12.2 Å². The molecule has 0 amide bonds. The lowest BCUT2D eigenvalue weighted by Crippen LogP contribution is -2.30. The van der Waals surface area contributed by atoms with Crippen LogP contribution in [0.1, 0.15) is 33.1 Å². The molecule has 0 aromatic heterocycles. The summed E-state index contributed by atoms with van der Waals surface area (Å²) in [5.74, 6) is 0. The van der Waals surface area contributed by atoms with E-state index in [0.29, 0.717) is 0 Å². The molecule has 1 heterocycles. The predicted octanol–water partition coefficient (Wildman–Crippen LogP) is 1.85. The molecule has 0 atom stereocenters. The molecule has 70 valence electrons. The zero-order valence-electron chi connectivity index (χ0n) is 8.10. The van der Waals surface area contributed by atoms with Gasteiger partial charge in [0, 0.05) is 0 Å². The Balaban J connectivity index is 2.46. The second-order valence-electron chi connectivity index (χ2n) is 3.97. The van der Waals surface area contributed by atoms with Crippen LogP contribution in [0.3, 0.4) is 0 Å². The van der Waals surface area contributed by atoms with Crippen molar-refractivity contribution in [3.8, 4) is 0 Å². The van der Waals surface area contributed by atoms with E-state index in [4.69, 9.17) is 10.5 Å². The lowest BCUT2D eigenvalue weighted by atomic mass is 9.93. The van der Waals surface area contributed by atoms with Gasteiger partial charge in [0.15, 0.2) is 0 Å². The van der Waals surface area contributed by atoms with Crippen molar-refractivity contribution in [1.29, 1.82) is 0 Å². The standard InChI is InChI=1S/C10H19NO/c1-10(2)8-9(4-3-6-11)5-7-12-10/h4H,3,5-8,11H2,1-2H3. The first-order chi connectivity index (χ1) is 5.64. The Morgan fingerprint density at radius 2 is 2.33 bits per heavy atom. The molecular weight excluding hydrogens is 150 g/mol. The molecule has 0 spiro atoms. The van der Waals surface area contributed by atoms with Gasteiger partial charge < -0.3 is 10.5 Å². The molecule has 1 saturated heterocycles. The zero-order chi connectivity index (χ0) is 9.03. The van der Waals surface area contributed by atoms with Crippen LogP contribution in [0.5, 0.6) is 0 Å². The van der Waals surface area contributed by atoms with Crippen molar-refractivity contribution in [2.24, 2.45) is 5.73 Å². The molecule has 1 aliphatic heterocycles. The number of hydrogen-bond donors (Lipinski definition) is 1. The van der Waals surface area contributed by atoms with Crippen LogP contribution in [0.15, 0.2) is 11.6 Å². The lowest BCUT2D eigenvalue weighted by molar-refractivity contribution is -0.0333. The smallest absolute Gasteiger partial charge is 0.0663 e. The van der Waals surface area contributed by atoms with E-state index in [0.717, 1.165) is 32.4 Å². The minimum atomic E-state index is 0.0404. The number of ether oxygens (including phenoxy) is 1. The highest BCUT2D eigenvalue weighted by atomic mass is 16.5. The van der Waals surface area contributed by atoms with Gasteiger partial charge >= 0.3 is 0 Å². The van der Waals surface area contributed by atoms with E-state index in [1.54, 1.807) is 0 Å². The third-order valence-electron chi connectivity index (χ3n) is 2.17. The van der Waals surface area contributed by atoms with Crippen molar-refractivity contribution in [3.05, 3.63) is 11.6 Å². The summed E-state index contributed by atoms with van der Waals surface area (Å²) >= 11 is 0. The van der Waals surface area contributed by atoms with Crippen LogP contribution < -0.4 is 5.73 Å². The third-order valence-corrected chi connectivity index (χ3v) is 2.17. The highest BCUT2D eigenvalue weighted by molar-refractivity contribution is 5.08. The van der Waals surface area contributed by atoms with Gasteiger partial charge in [0.2, 0.25) is 0 Å². The largest absolute Gasteiger partial charge is 0.375 e. The number of hydrogen-bond acceptors (Lipinski definition) is 2. The van der Waals surface area contributed by atoms with Gasteiger partial charge in [-0.15, -0.1) is 0 Å². The summed E-state index contributed by atoms with van der Waals surface area (Å²) in [4.78, 5) is 0. The molecule has 0 radical (unpaired) electrons. The molecule has 0 aliphatic carbocycles. The monoisotopic (exact) mass is 169 g/mol. The molecule has 2 heteroatoms. The van der Waals surface area contributed by atoms with E-state index in [-0.39, 0.29) is 5.60 Å². The maximum absolute atomic E-state index is 5.60. The average molecular weight is 169 g/mol. The molecule has 0 aromatic carbocycles. The van der Waals surface area contributed by atoms with Crippen LogP contribution in [0, 0.1) is 0 Å². The van der Waals surface area contributed by atoms with Crippen LogP contribution in [-0.2, 0) is 4.74 Å². The SMILES string of the molecule is CC1(C)CC(=CCCN)CCO1. The van der Waals surface area contributed by atoms with E-state index in [2.05, 4.69) is 19.9 Å². The van der Waals surface area contributed by atoms with Crippen molar-refractivity contribution < 1.29 is 4.74 Å². The normalized spacial score (nSPS) is 26.1. The topological polar surface area (TPSA) is 35.2 Å². The third kappa shape index (κ3) is 2.95. The van der Waals surface area contributed by atoms with E-state index >= 15 is 0 Å². The van der Waals surface area contributed by atoms with Crippen molar-refractivity contribution in [2.45, 2.75) is 38.7 Å². The Hall–Kier alpha value is -0.340. The van der Waals surface area contributed by atoms with Crippen LogP contribution in [-0.4, -0.2) is 18.8 Å². The molecule has 0 unspecified atom stereocenters. The highest BCUT2D eigenvalue weighted by Crippen LogP contribution is 2.27.